The molecule has 1 fully saturated rings. The molecule has 88 valence electrons. The van der Waals surface area contributed by atoms with Crippen LogP contribution in [0.15, 0.2) is 0 Å². The molecule has 0 radical (unpaired) electrons. The lowest BCUT2D eigenvalue weighted by atomic mass is 10.2. The highest BCUT2D eigenvalue weighted by Gasteiger charge is 2.29. The molecule has 0 unspecified atom stereocenters. The van der Waals surface area contributed by atoms with Crippen LogP contribution in [-0.2, 0) is 9.53 Å². The van der Waals surface area contributed by atoms with E-state index >= 15 is 0 Å². The van der Waals surface area contributed by atoms with Gasteiger partial charge in [-0.25, -0.2) is 0 Å². The summed E-state index contributed by atoms with van der Waals surface area (Å²) < 4.78 is 5.51. The van der Waals surface area contributed by atoms with E-state index in [1.807, 2.05) is 30.5 Å². The zero-order valence-electron chi connectivity index (χ0n) is 10.1. The maximum Gasteiger partial charge on any atom is 0.248 e. The van der Waals surface area contributed by atoms with E-state index in [-0.39, 0.29) is 23.4 Å². The number of carbonyl (C=O) groups is 1. The van der Waals surface area contributed by atoms with Crippen LogP contribution in [0.2, 0.25) is 0 Å². The number of carbonyl (C=O) groups excluding carboxylic acids is 1. The molecule has 0 spiro atoms. The van der Waals surface area contributed by atoms with Gasteiger partial charge < -0.3 is 9.64 Å². The lowest BCUT2D eigenvalue weighted by Gasteiger charge is -2.37. The van der Waals surface area contributed by atoms with Crippen molar-refractivity contribution in [2.45, 2.75) is 38.5 Å². The van der Waals surface area contributed by atoms with Crippen LogP contribution in [0.25, 0.3) is 0 Å². The highest BCUT2D eigenvalue weighted by Crippen LogP contribution is 2.29. The Kier molecular flexibility index (Phi) is 4.46. The van der Waals surface area contributed by atoms with Gasteiger partial charge in [0.05, 0.1) is 6.10 Å². The van der Waals surface area contributed by atoms with E-state index < -0.39 is 0 Å². The van der Waals surface area contributed by atoms with Crippen molar-refractivity contribution >= 4 is 17.7 Å². The van der Waals surface area contributed by atoms with Crippen molar-refractivity contribution in [2.75, 3.05) is 25.4 Å². The fourth-order valence-electron chi connectivity index (χ4n) is 1.56. The van der Waals surface area contributed by atoms with Crippen LogP contribution in [0.4, 0.5) is 0 Å². The van der Waals surface area contributed by atoms with Gasteiger partial charge >= 0.3 is 0 Å². The van der Waals surface area contributed by atoms with E-state index in [0.29, 0.717) is 0 Å². The number of thioether (sulfide) groups is 1. The van der Waals surface area contributed by atoms with Crippen LogP contribution < -0.4 is 0 Å². The summed E-state index contributed by atoms with van der Waals surface area (Å²) in [5.41, 5.74) is 0. The van der Waals surface area contributed by atoms with E-state index in [0.717, 1.165) is 18.8 Å². The lowest BCUT2D eigenvalue weighted by Crippen LogP contribution is -2.47. The molecule has 0 N–H and O–H groups in total. The number of rotatable bonds is 3. The highest BCUT2D eigenvalue weighted by molar-refractivity contribution is 8.00. The van der Waals surface area contributed by atoms with Gasteiger partial charge in [0.25, 0.3) is 0 Å². The fraction of sp³-hybridized carbons (Fsp3) is 0.909. The molecule has 1 rings (SSSR count). The Labute approximate surface area is 96.5 Å². The smallest absolute Gasteiger partial charge is 0.248 e. The molecule has 0 atom stereocenters. The summed E-state index contributed by atoms with van der Waals surface area (Å²) in [6.45, 7) is 10.2. The van der Waals surface area contributed by atoms with Crippen molar-refractivity contribution in [3.05, 3.63) is 0 Å². The second-order valence-electron chi connectivity index (χ2n) is 4.78. The Morgan fingerprint density at radius 2 is 2.20 bits per heavy atom. The Bertz CT molecular complexity index is 229. The van der Waals surface area contributed by atoms with Crippen LogP contribution >= 0.6 is 11.8 Å². The molecular weight excluding hydrogens is 210 g/mol. The Hall–Kier alpha value is -0.220. The molecule has 0 aromatic carbocycles. The molecule has 0 bridgehead atoms. The highest BCUT2D eigenvalue weighted by atomic mass is 32.2. The molecule has 1 saturated heterocycles. The summed E-state index contributed by atoms with van der Waals surface area (Å²) in [6.07, 6.45) is 0.126. The minimum absolute atomic E-state index is 0.122. The first-order valence-corrected chi connectivity index (χ1v) is 6.42. The first kappa shape index (κ1) is 12.8. The van der Waals surface area contributed by atoms with Crippen molar-refractivity contribution in [2.24, 2.45) is 0 Å². The first-order valence-electron chi connectivity index (χ1n) is 5.44. The van der Waals surface area contributed by atoms with E-state index in [1.165, 1.54) is 0 Å². The standard InChI is InChI=1S/C11H21NO2S/c1-9(2)14-7-10(13)12-5-6-15-11(3,4)8-12/h9H,5-8H2,1-4H3. The fourth-order valence-corrected chi connectivity index (χ4v) is 2.67. The van der Waals surface area contributed by atoms with Gasteiger partial charge in [-0.05, 0) is 27.7 Å². The third-order valence-electron chi connectivity index (χ3n) is 2.32. The van der Waals surface area contributed by atoms with Gasteiger partial charge in [-0.3, -0.25) is 4.79 Å². The summed E-state index contributed by atoms with van der Waals surface area (Å²) in [7, 11) is 0. The molecule has 0 aromatic rings. The maximum atomic E-state index is 11.8. The molecule has 3 nitrogen and oxygen atoms in total. The van der Waals surface area contributed by atoms with E-state index in [4.69, 9.17) is 4.74 Å². The molecule has 0 aliphatic carbocycles. The Morgan fingerprint density at radius 1 is 1.53 bits per heavy atom. The number of nitrogens with zero attached hydrogens (tertiary/aromatic N) is 1. The van der Waals surface area contributed by atoms with Crippen molar-refractivity contribution in [1.29, 1.82) is 0 Å². The van der Waals surface area contributed by atoms with Crippen LogP contribution in [0.5, 0.6) is 0 Å². The summed E-state index contributed by atoms with van der Waals surface area (Å²) in [4.78, 5) is 13.7. The monoisotopic (exact) mass is 231 g/mol. The van der Waals surface area contributed by atoms with Crippen molar-refractivity contribution < 1.29 is 9.53 Å². The minimum Gasteiger partial charge on any atom is -0.369 e. The second kappa shape index (κ2) is 5.21. The van der Waals surface area contributed by atoms with E-state index in [9.17, 15) is 4.79 Å². The van der Waals surface area contributed by atoms with Crippen molar-refractivity contribution in [3.8, 4) is 0 Å². The van der Waals surface area contributed by atoms with Gasteiger partial charge in [-0.1, -0.05) is 0 Å². The SMILES string of the molecule is CC(C)OCC(=O)N1CCSC(C)(C)C1. The molecule has 1 aliphatic rings. The van der Waals surface area contributed by atoms with Gasteiger partial charge in [-0.15, -0.1) is 0 Å². The van der Waals surface area contributed by atoms with Crippen LogP contribution in [-0.4, -0.2) is 47.1 Å². The van der Waals surface area contributed by atoms with Crippen LogP contribution in [0, 0.1) is 0 Å². The molecule has 15 heavy (non-hydrogen) atoms. The molecule has 0 aromatic heterocycles. The second-order valence-corrected chi connectivity index (χ2v) is 6.59. The maximum absolute atomic E-state index is 11.8. The van der Waals surface area contributed by atoms with Crippen molar-refractivity contribution in [3.63, 3.8) is 0 Å². The number of ether oxygens (including phenoxy) is 1. The molecule has 4 heteroatoms. The quantitative estimate of drug-likeness (QED) is 0.741. The predicted octanol–water partition coefficient (Wildman–Crippen LogP) is 1.77. The number of hydrogen-bond acceptors (Lipinski definition) is 3. The third kappa shape index (κ3) is 4.43. The molecule has 1 heterocycles. The molecule has 0 saturated carbocycles. The summed E-state index contributed by atoms with van der Waals surface area (Å²) >= 11 is 1.93. The predicted molar refractivity (Wildman–Crippen MR) is 64.2 cm³/mol. The number of hydrogen-bond donors (Lipinski definition) is 0. The normalized spacial score (nSPS) is 20.7. The molecular formula is C11H21NO2S. The van der Waals surface area contributed by atoms with Crippen LogP contribution in [0.3, 0.4) is 0 Å². The third-order valence-corrected chi connectivity index (χ3v) is 3.62. The van der Waals surface area contributed by atoms with Gasteiger partial charge in [-0.2, -0.15) is 11.8 Å². The van der Waals surface area contributed by atoms with E-state index in [1.54, 1.807) is 0 Å². The molecule has 1 aliphatic heterocycles. The molecule has 1 amide bonds. The average Bonchev–Trinajstić information content (AvgIpc) is 2.12. The summed E-state index contributed by atoms with van der Waals surface area (Å²) in [5.74, 6) is 1.15. The van der Waals surface area contributed by atoms with Crippen molar-refractivity contribution in [1.82, 2.24) is 4.90 Å². The largest absolute Gasteiger partial charge is 0.369 e. The first-order chi connectivity index (χ1) is 6.91. The average molecular weight is 231 g/mol. The van der Waals surface area contributed by atoms with Gasteiger partial charge in [0, 0.05) is 23.6 Å². The summed E-state index contributed by atoms with van der Waals surface area (Å²) in [6, 6.07) is 0. The van der Waals surface area contributed by atoms with Gasteiger partial charge in [0.15, 0.2) is 0 Å². The van der Waals surface area contributed by atoms with Gasteiger partial charge in [0.1, 0.15) is 6.61 Å². The van der Waals surface area contributed by atoms with Gasteiger partial charge in [0.2, 0.25) is 5.91 Å². The van der Waals surface area contributed by atoms with E-state index in [2.05, 4.69) is 13.8 Å². The topological polar surface area (TPSA) is 29.5 Å². The lowest BCUT2D eigenvalue weighted by molar-refractivity contribution is -0.137. The Balaban J connectivity index is 2.39. The zero-order valence-corrected chi connectivity index (χ0v) is 10.9. The Morgan fingerprint density at radius 3 is 2.73 bits per heavy atom. The summed E-state index contributed by atoms with van der Waals surface area (Å²) in [5, 5.41) is 0. The minimum atomic E-state index is 0.122. The zero-order chi connectivity index (χ0) is 11.5. The number of amides is 1. The van der Waals surface area contributed by atoms with Crippen LogP contribution in [0.1, 0.15) is 27.7 Å².